The van der Waals surface area contributed by atoms with Gasteiger partial charge in [0.1, 0.15) is 5.52 Å². The lowest BCUT2D eigenvalue weighted by Crippen LogP contribution is -2.46. The fourth-order valence-corrected chi connectivity index (χ4v) is 4.90. The van der Waals surface area contributed by atoms with Crippen LogP contribution in [0.5, 0.6) is 0 Å². The summed E-state index contributed by atoms with van der Waals surface area (Å²) in [7, 11) is 0. The number of aromatic nitrogens is 4. The van der Waals surface area contributed by atoms with Crippen LogP contribution in [0.1, 0.15) is 63.0 Å². The minimum atomic E-state index is -0.946. The normalized spacial score (nSPS) is 18.5. The van der Waals surface area contributed by atoms with E-state index in [0.717, 1.165) is 45.1 Å². The number of likely N-dealkylation sites (tertiary alicyclic amines) is 1. The quantitative estimate of drug-likeness (QED) is 0.562. The summed E-state index contributed by atoms with van der Waals surface area (Å²) in [5.41, 5.74) is 0.729. The highest BCUT2D eigenvalue weighted by atomic mass is 35.5. The number of rotatable bonds is 4. The molecule has 0 spiro atoms. The summed E-state index contributed by atoms with van der Waals surface area (Å²) in [6.07, 6.45) is 4.29. The Morgan fingerprint density at radius 3 is 2.42 bits per heavy atom. The van der Waals surface area contributed by atoms with E-state index < -0.39 is 11.6 Å². The number of nitrogens with one attached hydrogen (secondary N) is 1. The van der Waals surface area contributed by atoms with Gasteiger partial charge in [0.25, 0.3) is 5.95 Å². The van der Waals surface area contributed by atoms with Gasteiger partial charge >= 0.3 is 0 Å². The van der Waals surface area contributed by atoms with Crippen molar-refractivity contribution in [3.05, 3.63) is 35.4 Å². The number of fused-ring (bicyclic) bond motifs is 1. The van der Waals surface area contributed by atoms with E-state index >= 15 is 0 Å². The molecule has 2 aliphatic rings. The average Bonchev–Trinajstić information content (AvgIpc) is 3.42. The van der Waals surface area contributed by atoms with Gasteiger partial charge in [0.15, 0.2) is 11.6 Å². The summed E-state index contributed by atoms with van der Waals surface area (Å²) in [6.45, 7) is 8.12. The first-order valence-corrected chi connectivity index (χ1v) is 11.2. The Morgan fingerprint density at radius 1 is 1.06 bits per heavy atom. The Morgan fingerprint density at radius 2 is 1.76 bits per heavy atom. The molecule has 5 rings (SSSR count). The van der Waals surface area contributed by atoms with Crippen LogP contribution in [-0.2, 0) is 0 Å². The first-order valence-electron chi connectivity index (χ1n) is 11.2. The topological polar surface area (TPSA) is 72.0 Å². The lowest BCUT2D eigenvalue weighted by atomic mass is 9.94. The minimum absolute atomic E-state index is 0. The van der Waals surface area contributed by atoms with Gasteiger partial charge in [0.2, 0.25) is 5.89 Å². The van der Waals surface area contributed by atoms with Crippen LogP contribution in [0.25, 0.3) is 16.9 Å². The van der Waals surface area contributed by atoms with Gasteiger partial charge in [-0.1, -0.05) is 13.8 Å². The monoisotopic (exact) mass is 502 g/mol. The number of hydrogen-bond donors (Lipinski definition) is 1. The van der Waals surface area contributed by atoms with Crippen molar-refractivity contribution < 1.29 is 13.3 Å². The van der Waals surface area contributed by atoms with Gasteiger partial charge in [-0.15, -0.1) is 24.8 Å². The van der Waals surface area contributed by atoms with Gasteiger partial charge in [-0.25, -0.2) is 8.78 Å². The first kappa shape index (κ1) is 25.8. The smallest absolute Gasteiger partial charge is 0.291 e. The van der Waals surface area contributed by atoms with Crippen LogP contribution in [0, 0.1) is 11.6 Å². The lowest BCUT2D eigenvalue weighted by molar-refractivity contribution is 0.120. The second kappa shape index (κ2) is 10.6. The maximum Gasteiger partial charge on any atom is 0.291 e. The van der Waals surface area contributed by atoms with Gasteiger partial charge in [-0.05, 0) is 75.1 Å². The highest BCUT2D eigenvalue weighted by molar-refractivity contribution is 5.86. The number of hydrogen-bond acceptors (Lipinski definition) is 6. The van der Waals surface area contributed by atoms with Crippen molar-refractivity contribution in [1.29, 1.82) is 0 Å². The minimum Gasteiger partial charge on any atom is -0.337 e. The number of nitrogens with zero attached hydrogens (tertiary/aromatic N) is 5. The molecule has 0 bridgehead atoms. The van der Waals surface area contributed by atoms with Gasteiger partial charge < -0.3 is 14.7 Å². The van der Waals surface area contributed by atoms with Crippen molar-refractivity contribution in [2.75, 3.05) is 26.2 Å². The van der Waals surface area contributed by atoms with Crippen molar-refractivity contribution in [2.45, 2.75) is 57.4 Å². The largest absolute Gasteiger partial charge is 0.337 e. The second-order valence-corrected chi connectivity index (χ2v) is 8.93. The molecule has 1 N–H and O–H groups in total. The zero-order valence-electron chi connectivity index (χ0n) is 18.8. The average molecular weight is 503 g/mol. The van der Waals surface area contributed by atoms with E-state index in [1.807, 2.05) is 13.8 Å². The highest BCUT2D eigenvalue weighted by Gasteiger charge is 2.30. The molecule has 1 aromatic carbocycles. The van der Waals surface area contributed by atoms with Gasteiger partial charge in [-0.3, -0.25) is 0 Å². The van der Waals surface area contributed by atoms with Crippen LogP contribution in [0.4, 0.5) is 8.78 Å². The van der Waals surface area contributed by atoms with Gasteiger partial charge in [0, 0.05) is 17.3 Å². The highest BCUT2D eigenvalue weighted by Crippen LogP contribution is 2.32. The molecule has 0 unspecified atom stereocenters. The zero-order chi connectivity index (χ0) is 21.5. The third-order valence-corrected chi connectivity index (χ3v) is 6.64. The second-order valence-electron chi connectivity index (χ2n) is 8.93. The molecule has 0 atom stereocenters. The summed E-state index contributed by atoms with van der Waals surface area (Å²) in [5, 5.41) is 12.6. The van der Waals surface area contributed by atoms with E-state index in [1.54, 1.807) is 6.07 Å². The summed E-state index contributed by atoms with van der Waals surface area (Å²) >= 11 is 0. The number of piperidine rings is 2. The molecule has 2 aromatic heterocycles. The van der Waals surface area contributed by atoms with E-state index in [-0.39, 0.29) is 48.1 Å². The molecule has 2 saturated heterocycles. The van der Waals surface area contributed by atoms with Crippen LogP contribution in [0.3, 0.4) is 0 Å². The molecule has 33 heavy (non-hydrogen) atoms. The molecular weight excluding hydrogens is 473 g/mol. The van der Waals surface area contributed by atoms with Gasteiger partial charge in [-0.2, -0.15) is 14.8 Å². The van der Waals surface area contributed by atoms with Crippen molar-refractivity contribution in [3.63, 3.8) is 0 Å². The number of benzene rings is 1. The number of halogens is 4. The van der Waals surface area contributed by atoms with Crippen molar-refractivity contribution >= 4 is 35.7 Å². The third kappa shape index (κ3) is 4.87. The third-order valence-electron chi connectivity index (χ3n) is 6.64. The molecule has 2 aliphatic heterocycles. The first-order chi connectivity index (χ1) is 15.0. The molecule has 0 saturated carbocycles. The predicted octanol–water partition coefficient (Wildman–Crippen LogP) is 4.59. The molecule has 182 valence electrons. The molecule has 0 aliphatic carbocycles. The molecule has 0 radical (unpaired) electrons. The standard InChI is InChI=1S/C22H28F2N6O.2ClH/c1-13(2)19-16-3-4-17(23)18(24)20(16)30(27-19)22-26-21(31-28-22)14-7-11-29(12-8-14)15-5-9-25-10-6-15;;/h3-4,13-15,25H,5-12H2,1-2H3;2*1H. The molecule has 4 heterocycles. The fraction of sp³-hybridized carbons (Fsp3) is 0.591. The SMILES string of the molecule is CC(C)c1nn(-c2noc(C3CCN(C4CCNCC4)CC3)n2)c2c(F)c(F)ccc12.Cl.Cl. The van der Waals surface area contributed by atoms with Crippen LogP contribution in [-0.4, -0.2) is 57.0 Å². The Kier molecular flexibility index (Phi) is 8.31. The van der Waals surface area contributed by atoms with E-state index in [1.165, 1.54) is 17.5 Å². The van der Waals surface area contributed by atoms with Crippen LogP contribution in [0.2, 0.25) is 0 Å². The summed E-state index contributed by atoms with van der Waals surface area (Å²) in [5.74, 6) is -0.952. The fourth-order valence-electron chi connectivity index (χ4n) is 4.90. The summed E-state index contributed by atoms with van der Waals surface area (Å²) in [4.78, 5) is 7.11. The van der Waals surface area contributed by atoms with Gasteiger partial charge in [0.05, 0.1) is 5.69 Å². The van der Waals surface area contributed by atoms with Crippen LogP contribution < -0.4 is 5.32 Å². The maximum absolute atomic E-state index is 14.7. The summed E-state index contributed by atoms with van der Waals surface area (Å²) in [6, 6.07) is 3.35. The Balaban J connectivity index is 0.00000153. The predicted molar refractivity (Wildman–Crippen MR) is 127 cm³/mol. The molecule has 11 heteroatoms. The van der Waals surface area contributed by atoms with E-state index in [2.05, 4.69) is 25.5 Å². The van der Waals surface area contributed by atoms with Crippen molar-refractivity contribution in [3.8, 4) is 5.95 Å². The van der Waals surface area contributed by atoms with E-state index in [0.29, 0.717) is 23.0 Å². The lowest BCUT2D eigenvalue weighted by Gasteiger charge is -2.38. The molecule has 3 aromatic rings. The Hall–Kier alpha value is -1.81. The molecule has 0 amide bonds. The zero-order valence-corrected chi connectivity index (χ0v) is 20.4. The van der Waals surface area contributed by atoms with E-state index in [9.17, 15) is 8.78 Å². The van der Waals surface area contributed by atoms with Crippen LogP contribution in [0.15, 0.2) is 16.7 Å². The Bertz CT molecular complexity index is 1070. The molecular formula is C22H30Cl2F2N6O. The Labute approximate surface area is 204 Å². The molecule has 2 fully saturated rings. The summed E-state index contributed by atoms with van der Waals surface area (Å²) < 4.78 is 35.5. The molecule has 7 nitrogen and oxygen atoms in total. The van der Waals surface area contributed by atoms with E-state index in [4.69, 9.17) is 4.52 Å². The van der Waals surface area contributed by atoms with Crippen LogP contribution >= 0.6 is 24.8 Å². The van der Waals surface area contributed by atoms with Crippen molar-refractivity contribution in [2.24, 2.45) is 0 Å². The van der Waals surface area contributed by atoms with Crippen molar-refractivity contribution in [1.82, 2.24) is 30.1 Å². The maximum atomic E-state index is 14.7.